The van der Waals surface area contributed by atoms with Crippen LogP contribution in [-0.4, -0.2) is 34.5 Å². The summed E-state index contributed by atoms with van der Waals surface area (Å²) < 4.78 is 0. The molecule has 0 saturated carbocycles. The minimum absolute atomic E-state index is 0.0602. The number of hydrogen-bond donors (Lipinski definition) is 3. The average molecular weight is 371 g/mol. The summed E-state index contributed by atoms with van der Waals surface area (Å²) in [7, 11) is 0. The van der Waals surface area contributed by atoms with Crippen LogP contribution in [0.3, 0.4) is 0 Å². The number of amides is 1. The van der Waals surface area contributed by atoms with E-state index in [0.717, 1.165) is 5.56 Å². The van der Waals surface area contributed by atoms with Crippen LogP contribution in [0.15, 0.2) is 54.6 Å². The number of anilines is 1. The van der Waals surface area contributed by atoms with Crippen molar-refractivity contribution in [2.75, 3.05) is 11.9 Å². The molecule has 0 heterocycles. The van der Waals surface area contributed by atoms with E-state index in [4.69, 9.17) is 5.11 Å². The molecule has 2 rings (SSSR count). The Balaban J connectivity index is 1.96. The van der Waals surface area contributed by atoms with Crippen LogP contribution in [-0.2, 0) is 16.0 Å². The van der Waals surface area contributed by atoms with Gasteiger partial charge in [0.2, 0.25) is 5.91 Å². The molecule has 0 radical (unpaired) electrons. The van der Waals surface area contributed by atoms with Gasteiger partial charge >= 0.3 is 5.97 Å². The Hall–Kier alpha value is -3.42. The summed E-state index contributed by atoms with van der Waals surface area (Å²) in [5.74, 6) is -1.29. The zero-order valence-electron chi connectivity index (χ0n) is 14.6. The molecule has 27 heavy (non-hydrogen) atoms. The lowest BCUT2D eigenvalue weighted by atomic mass is 10.0. The highest BCUT2D eigenvalue weighted by atomic mass is 16.6. The molecule has 1 amide bonds. The summed E-state index contributed by atoms with van der Waals surface area (Å²) >= 11 is 0. The molecule has 0 bridgehead atoms. The SMILES string of the molecule is O=C(O)CCC(Cc1ccccc1)NC(=O)CNc1ccccc1[N+](=O)[O-]. The Morgan fingerprint density at radius 2 is 1.74 bits per heavy atom. The number of nitro benzene ring substituents is 1. The van der Waals surface area contributed by atoms with Crippen LogP contribution < -0.4 is 10.6 Å². The van der Waals surface area contributed by atoms with Gasteiger partial charge in [-0.2, -0.15) is 0 Å². The van der Waals surface area contributed by atoms with E-state index in [9.17, 15) is 19.7 Å². The molecule has 142 valence electrons. The molecule has 0 spiro atoms. The number of para-hydroxylation sites is 2. The lowest BCUT2D eigenvalue weighted by molar-refractivity contribution is -0.383. The topological polar surface area (TPSA) is 122 Å². The summed E-state index contributed by atoms with van der Waals surface area (Å²) in [5, 5.41) is 25.5. The molecule has 0 aromatic heterocycles. The van der Waals surface area contributed by atoms with Gasteiger partial charge in [-0.25, -0.2) is 0 Å². The van der Waals surface area contributed by atoms with Gasteiger partial charge in [0.05, 0.1) is 11.5 Å². The van der Waals surface area contributed by atoms with Crippen molar-refractivity contribution in [3.05, 3.63) is 70.3 Å². The van der Waals surface area contributed by atoms with Gasteiger partial charge in [0.15, 0.2) is 0 Å². The highest BCUT2D eigenvalue weighted by molar-refractivity contribution is 5.82. The second-order valence-electron chi connectivity index (χ2n) is 6.01. The quantitative estimate of drug-likeness (QED) is 0.436. The maximum Gasteiger partial charge on any atom is 0.303 e. The third kappa shape index (κ3) is 6.77. The van der Waals surface area contributed by atoms with Gasteiger partial charge in [-0.15, -0.1) is 0 Å². The summed E-state index contributed by atoms with van der Waals surface area (Å²) in [6.07, 6.45) is 0.738. The Kier molecular flexibility index (Phi) is 7.30. The molecule has 2 aromatic carbocycles. The smallest absolute Gasteiger partial charge is 0.303 e. The van der Waals surface area contributed by atoms with Crippen molar-refractivity contribution >= 4 is 23.3 Å². The molecule has 0 aliphatic carbocycles. The van der Waals surface area contributed by atoms with Crippen molar-refractivity contribution in [2.24, 2.45) is 0 Å². The van der Waals surface area contributed by atoms with Crippen molar-refractivity contribution in [3.8, 4) is 0 Å². The number of nitro groups is 1. The molecular weight excluding hydrogens is 350 g/mol. The van der Waals surface area contributed by atoms with E-state index < -0.39 is 10.9 Å². The zero-order chi connectivity index (χ0) is 19.6. The van der Waals surface area contributed by atoms with Gasteiger partial charge in [0, 0.05) is 18.5 Å². The van der Waals surface area contributed by atoms with E-state index in [2.05, 4.69) is 10.6 Å². The van der Waals surface area contributed by atoms with E-state index in [0.29, 0.717) is 12.8 Å². The summed E-state index contributed by atoms with van der Waals surface area (Å²) in [6.45, 7) is -0.150. The number of carboxylic acids is 1. The summed E-state index contributed by atoms with van der Waals surface area (Å²) in [4.78, 5) is 33.6. The molecule has 0 aliphatic heterocycles. The third-order valence-electron chi connectivity index (χ3n) is 3.94. The predicted octanol–water partition coefficient (Wildman–Crippen LogP) is 2.60. The first kappa shape index (κ1) is 19.9. The first-order valence-electron chi connectivity index (χ1n) is 8.48. The number of carbonyl (C=O) groups is 2. The van der Waals surface area contributed by atoms with Crippen LogP contribution >= 0.6 is 0 Å². The molecule has 0 fully saturated rings. The number of carbonyl (C=O) groups excluding carboxylic acids is 1. The lowest BCUT2D eigenvalue weighted by Crippen LogP contribution is -2.40. The molecule has 3 N–H and O–H groups in total. The van der Waals surface area contributed by atoms with Crippen LogP contribution in [0, 0.1) is 10.1 Å². The highest BCUT2D eigenvalue weighted by Crippen LogP contribution is 2.22. The van der Waals surface area contributed by atoms with Gasteiger partial charge in [-0.1, -0.05) is 42.5 Å². The molecule has 0 saturated heterocycles. The van der Waals surface area contributed by atoms with Crippen molar-refractivity contribution < 1.29 is 19.6 Å². The Morgan fingerprint density at radius 1 is 1.07 bits per heavy atom. The van der Waals surface area contributed by atoms with Crippen LogP contribution in [0.25, 0.3) is 0 Å². The largest absolute Gasteiger partial charge is 0.481 e. The van der Waals surface area contributed by atoms with Gasteiger partial charge in [-0.05, 0) is 24.5 Å². The van der Waals surface area contributed by atoms with Crippen LogP contribution in [0.2, 0.25) is 0 Å². The number of rotatable bonds is 10. The fourth-order valence-electron chi connectivity index (χ4n) is 2.66. The van der Waals surface area contributed by atoms with E-state index in [1.807, 2.05) is 30.3 Å². The van der Waals surface area contributed by atoms with Crippen LogP contribution in [0.1, 0.15) is 18.4 Å². The molecule has 2 aromatic rings. The number of benzene rings is 2. The number of hydrogen-bond acceptors (Lipinski definition) is 5. The van der Waals surface area contributed by atoms with Crippen molar-refractivity contribution in [3.63, 3.8) is 0 Å². The Labute approximate surface area is 156 Å². The van der Waals surface area contributed by atoms with Crippen molar-refractivity contribution in [2.45, 2.75) is 25.3 Å². The Bertz CT molecular complexity index is 795. The predicted molar refractivity (Wildman–Crippen MR) is 101 cm³/mol. The van der Waals surface area contributed by atoms with E-state index >= 15 is 0 Å². The maximum atomic E-state index is 12.3. The standard InChI is InChI=1S/C19H21N3O5/c23-18(13-20-16-8-4-5-9-17(16)22(26)27)21-15(10-11-19(24)25)12-14-6-2-1-3-7-14/h1-9,15,20H,10-13H2,(H,21,23)(H,24,25). The fraction of sp³-hybridized carbons (Fsp3) is 0.263. The van der Waals surface area contributed by atoms with E-state index in [-0.39, 0.29) is 36.3 Å². The zero-order valence-corrected chi connectivity index (χ0v) is 14.6. The molecule has 1 atom stereocenters. The van der Waals surface area contributed by atoms with Crippen LogP contribution in [0.4, 0.5) is 11.4 Å². The molecule has 8 nitrogen and oxygen atoms in total. The van der Waals surface area contributed by atoms with Gasteiger partial charge in [0.25, 0.3) is 5.69 Å². The maximum absolute atomic E-state index is 12.3. The summed E-state index contributed by atoms with van der Waals surface area (Å²) in [6, 6.07) is 15.2. The number of nitrogens with zero attached hydrogens (tertiary/aromatic N) is 1. The molecular formula is C19H21N3O5. The molecule has 0 aliphatic rings. The van der Waals surface area contributed by atoms with Crippen LogP contribution in [0.5, 0.6) is 0 Å². The van der Waals surface area contributed by atoms with E-state index in [1.54, 1.807) is 12.1 Å². The molecule has 8 heteroatoms. The van der Waals surface area contributed by atoms with Crippen molar-refractivity contribution in [1.82, 2.24) is 5.32 Å². The number of aliphatic carboxylic acids is 1. The third-order valence-corrected chi connectivity index (χ3v) is 3.94. The number of carboxylic acid groups (broad SMARTS) is 1. The second kappa shape index (κ2) is 9.91. The second-order valence-corrected chi connectivity index (χ2v) is 6.01. The normalized spacial score (nSPS) is 11.4. The monoisotopic (exact) mass is 371 g/mol. The Morgan fingerprint density at radius 3 is 2.41 bits per heavy atom. The first-order valence-corrected chi connectivity index (χ1v) is 8.48. The van der Waals surface area contributed by atoms with Gasteiger partial charge in [0.1, 0.15) is 5.69 Å². The van der Waals surface area contributed by atoms with Crippen molar-refractivity contribution in [1.29, 1.82) is 0 Å². The van der Waals surface area contributed by atoms with Gasteiger partial charge < -0.3 is 15.7 Å². The summed E-state index contributed by atoms with van der Waals surface area (Å²) in [5.41, 5.74) is 1.12. The first-order chi connectivity index (χ1) is 13.0. The molecule has 1 unspecified atom stereocenters. The minimum Gasteiger partial charge on any atom is -0.481 e. The highest BCUT2D eigenvalue weighted by Gasteiger charge is 2.16. The minimum atomic E-state index is -0.930. The van der Waals surface area contributed by atoms with Gasteiger partial charge in [-0.3, -0.25) is 19.7 Å². The average Bonchev–Trinajstić information content (AvgIpc) is 2.65. The van der Waals surface area contributed by atoms with E-state index in [1.165, 1.54) is 12.1 Å². The number of nitrogens with one attached hydrogen (secondary N) is 2. The lowest BCUT2D eigenvalue weighted by Gasteiger charge is -2.18. The fourth-order valence-corrected chi connectivity index (χ4v) is 2.66.